The van der Waals surface area contributed by atoms with Crippen LogP contribution in [0.1, 0.15) is 31.7 Å². The van der Waals surface area contributed by atoms with E-state index in [2.05, 4.69) is 17.2 Å². The van der Waals surface area contributed by atoms with Gasteiger partial charge in [0.05, 0.1) is 12.1 Å². The lowest BCUT2D eigenvalue weighted by Crippen LogP contribution is -2.33. The fourth-order valence-electron chi connectivity index (χ4n) is 1.66. The standard InChI is InChI=1S/C12H17N3OS/c1-4-8(2)13-11(16)5-10-7-17-12-14-9(3)6-15(10)12/h6-8H,4-5H2,1-3H3,(H,13,16). The number of imidazole rings is 1. The lowest BCUT2D eigenvalue weighted by atomic mass is 10.2. The second-order valence-electron chi connectivity index (χ2n) is 4.32. The quantitative estimate of drug-likeness (QED) is 0.905. The highest BCUT2D eigenvalue weighted by Gasteiger charge is 2.11. The van der Waals surface area contributed by atoms with Crippen molar-refractivity contribution in [1.82, 2.24) is 14.7 Å². The van der Waals surface area contributed by atoms with Crippen LogP contribution < -0.4 is 5.32 Å². The van der Waals surface area contributed by atoms with Crippen LogP contribution in [0.25, 0.3) is 4.96 Å². The van der Waals surface area contributed by atoms with Gasteiger partial charge in [0.25, 0.3) is 0 Å². The van der Waals surface area contributed by atoms with Crippen LogP contribution in [0.2, 0.25) is 0 Å². The van der Waals surface area contributed by atoms with Gasteiger partial charge < -0.3 is 5.32 Å². The van der Waals surface area contributed by atoms with Crippen molar-refractivity contribution in [3.8, 4) is 0 Å². The number of carbonyl (C=O) groups is 1. The molecule has 0 saturated carbocycles. The fraction of sp³-hybridized carbons (Fsp3) is 0.500. The Hall–Kier alpha value is -1.36. The minimum absolute atomic E-state index is 0.0744. The summed E-state index contributed by atoms with van der Waals surface area (Å²) >= 11 is 1.57. The summed E-state index contributed by atoms with van der Waals surface area (Å²) in [7, 11) is 0. The molecule has 0 aliphatic carbocycles. The van der Waals surface area contributed by atoms with Crippen molar-refractivity contribution in [2.24, 2.45) is 0 Å². The molecule has 0 aliphatic heterocycles. The molecule has 0 bridgehead atoms. The monoisotopic (exact) mass is 251 g/mol. The summed E-state index contributed by atoms with van der Waals surface area (Å²) in [5, 5.41) is 4.97. The van der Waals surface area contributed by atoms with E-state index in [9.17, 15) is 4.79 Å². The zero-order chi connectivity index (χ0) is 12.4. The van der Waals surface area contributed by atoms with Gasteiger partial charge in [0.2, 0.25) is 5.91 Å². The number of nitrogens with one attached hydrogen (secondary N) is 1. The molecule has 2 aromatic heterocycles. The minimum Gasteiger partial charge on any atom is -0.353 e. The van der Waals surface area contributed by atoms with E-state index < -0.39 is 0 Å². The number of aromatic nitrogens is 2. The minimum atomic E-state index is 0.0744. The molecule has 2 aromatic rings. The molecule has 1 atom stereocenters. The number of fused-ring (bicyclic) bond motifs is 1. The van der Waals surface area contributed by atoms with Crippen molar-refractivity contribution in [2.75, 3.05) is 0 Å². The average Bonchev–Trinajstić information content (AvgIpc) is 2.79. The smallest absolute Gasteiger partial charge is 0.226 e. The highest BCUT2D eigenvalue weighted by atomic mass is 32.1. The van der Waals surface area contributed by atoms with Gasteiger partial charge in [-0.05, 0) is 20.3 Å². The second-order valence-corrected chi connectivity index (χ2v) is 5.15. The van der Waals surface area contributed by atoms with Crippen LogP contribution in [0, 0.1) is 6.92 Å². The van der Waals surface area contributed by atoms with Crippen LogP contribution >= 0.6 is 11.3 Å². The van der Waals surface area contributed by atoms with Crippen molar-refractivity contribution < 1.29 is 4.79 Å². The van der Waals surface area contributed by atoms with Gasteiger partial charge in [0.15, 0.2) is 4.96 Å². The molecule has 0 radical (unpaired) electrons. The van der Waals surface area contributed by atoms with Gasteiger partial charge in [-0.2, -0.15) is 0 Å². The number of nitrogens with zero attached hydrogens (tertiary/aromatic N) is 2. The maximum absolute atomic E-state index is 11.8. The van der Waals surface area contributed by atoms with Crippen LogP contribution in [0.3, 0.4) is 0 Å². The average molecular weight is 251 g/mol. The Morgan fingerprint density at radius 1 is 1.65 bits per heavy atom. The number of carbonyl (C=O) groups excluding carboxylic acids is 1. The Balaban J connectivity index is 2.10. The lowest BCUT2D eigenvalue weighted by molar-refractivity contribution is -0.121. The Labute approximate surface area is 105 Å². The van der Waals surface area contributed by atoms with Crippen molar-refractivity contribution in [3.63, 3.8) is 0 Å². The topological polar surface area (TPSA) is 46.4 Å². The third-order valence-electron chi connectivity index (χ3n) is 2.77. The number of rotatable bonds is 4. The molecular formula is C12H17N3OS. The van der Waals surface area contributed by atoms with Gasteiger partial charge in [-0.3, -0.25) is 9.20 Å². The van der Waals surface area contributed by atoms with E-state index >= 15 is 0 Å². The van der Waals surface area contributed by atoms with Crippen LogP contribution in [0.4, 0.5) is 0 Å². The maximum atomic E-state index is 11.8. The van der Waals surface area contributed by atoms with E-state index in [0.29, 0.717) is 6.42 Å². The molecule has 2 rings (SSSR count). The largest absolute Gasteiger partial charge is 0.353 e. The van der Waals surface area contributed by atoms with Gasteiger partial charge in [0.1, 0.15) is 0 Å². The summed E-state index contributed by atoms with van der Waals surface area (Å²) in [6.45, 7) is 6.04. The van der Waals surface area contributed by atoms with E-state index in [1.807, 2.05) is 29.8 Å². The normalized spacial score (nSPS) is 12.9. The summed E-state index contributed by atoms with van der Waals surface area (Å²) in [4.78, 5) is 17.1. The molecular weight excluding hydrogens is 234 g/mol. The van der Waals surface area contributed by atoms with Gasteiger partial charge >= 0.3 is 0 Å². The third kappa shape index (κ3) is 2.66. The SMILES string of the molecule is CCC(C)NC(=O)Cc1csc2nc(C)cn12. The van der Waals surface area contributed by atoms with Gasteiger partial charge in [-0.1, -0.05) is 6.92 Å². The van der Waals surface area contributed by atoms with E-state index in [1.165, 1.54) is 0 Å². The molecule has 92 valence electrons. The van der Waals surface area contributed by atoms with Crippen molar-refractivity contribution in [3.05, 3.63) is 23.0 Å². The number of thiazole rings is 1. The van der Waals surface area contributed by atoms with Gasteiger partial charge in [0, 0.05) is 23.3 Å². The number of hydrogen-bond donors (Lipinski definition) is 1. The first-order valence-electron chi connectivity index (χ1n) is 5.81. The number of hydrogen-bond acceptors (Lipinski definition) is 3. The summed E-state index contributed by atoms with van der Waals surface area (Å²) in [6.07, 6.45) is 3.34. The van der Waals surface area contributed by atoms with Gasteiger partial charge in [-0.15, -0.1) is 11.3 Å². The predicted octanol–water partition coefficient (Wildman–Crippen LogP) is 2.16. The highest BCUT2D eigenvalue weighted by Crippen LogP contribution is 2.16. The van der Waals surface area contributed by atoms with E-state index in [0.717, 1.165) is 22.8 Å². The Kier molecular flexibility index (Phi) is 3.47. The van der Waals surface area contributed by atoms with Crippen molar-refractivity contribution in [1.29, 1.82) is 0 Å². The van der Waals surface area contributed by atoms with Crippen molar-refractivity contribution in [2.45, 2.75) is 39.7 Å². The summed E-state index contributed by atoms with van der Waals surface area (Å²) in [6, 6.07) is 0.237. The molecule has 0 aromatic carbocycles. The lowest BCUT2D eigenvalue weighted by Gasteiger charge is -2.10. The molecule has 0 fully saturated rings. The molecule has 1 unspecified atom stereocenters. The molecule has 0 saturated heterocycles. The highest BCUT2D eigenvalue weighted by molar-refractivity contribution is 7.15. The fourth-order valence-corrected chi connectivity index (χ4v) is 2.58. The molecule has 1 N–H and O–H groups in total. The Morgan fingerprint density at radius 2 is 2.41 bits per heavy atom. The van der Waals surface area contributed by atoms with Crippen molar-refractivity contribution >= 4 is 22.2 Å². The number of aryl methyl sites for hydroxylation is 1. The number of amides is 1. The second kappa shape index (κ2) is 4.87. The van der Waals surface area contributed by atoms with E-state index in [4.69, 9.17) is 0 Å². The zero-order valence-corrected chi connectivity index (χ0v) is 11.2. The maximum Gasteiger partial charge on any atom is 0.226 e. The molecule has 0 spiro atoms. The Morgan fingerprint density at radius 3 is 3.12 bits per heavy atom. The first-order chi connectivity index (χ1) is 8.10. The van der Waals surface area contributed by atoms with E-state index in [1.54, 1.807) is 11.3 Å². The molecule has 5 heteroatoms. The van der Waals surface area contributed by atoms with Crippen LogP contribution in [-0.4, -0.2) is 21.3 Å². The molecule has 1 amide bonds. The molecule has 2 heterocycles. The first-order valence-corrected chi connectivity index (χ1v) is 6.69. The Bertz CT molecular complexity index is 529. The summed E-state index contributed by atoms with van der Waals surface area (Å²) in [5.41, 5.74) is 1.99. The van der Waals surface area contributed by atoms with Crippen LogP contribution in [-0.2, 0) is 11.2 Å². The first kappa shape index (κ1) is 12.1. The molecule has 0 aliphatic rings. The third-order valence-corrected chi connectivity index (χ3v) is 3.65. The summed E-state index contributed by atoms with van der Waals surface area (Å²) < 4.78 is 2.00. The summed E-state index contributed by atoms with van der Waals surface area (Å²) in [5.74, 6) is 0.0744. The van der Waals surface area contributed by atoms with Crippen LogP contribution in [0.5, 0.6) is 0 Å². The predicted molar refractivity (Wildman–Crippen MR) is 69.4 cm³/mol. The van der Waals surface area contributed by atoms with Gasteiger partial charge in [-0.25, -0.2) is 4.98 Å². The zero-order valence-electron chi connectivity index (χ0n) is 10.4. The molecule has 17 heavy (non-hydrogen) atoms. The van der Waals surface area contributed by atoms with E-state index in [-0.39, 0.29) is 11.9 Å². The molecule has 4 nitrogen and oxygen atoms in total. The van der Waals surface area contributed by atoms with Crippen LogP contribution in [0.15, 0.2) is 11.6 Å².